The number of hydrogen-bond donors (Lipinski definition) is 0. The summed E-state index contributed by atoms with van der Waals surface area (Å²) in [5, 5.41) is 1.06. The normalized spacial score (nSPS) is 21.0. The van der Waals surface area contributed by atoms with Gasteiger partial charge in [0.1, 0.15) is 11.5 Å². The fourth-order valence-corrected chi connectivity index (χ4v) is 4.39. The molecule has 2 aromatic rings. The van der Waals surface area contributed by atoms with Gasteiger partial charge in [0.25, 0.3) is 5.91 Å². The van der Waals surface area contributed by atoms with Crippen molar-refractivity contribution in [1.29, 1.82) is 0 Å². The third-order valence-corrected chi connectivity index (χ3v) is 5.96. The number of carbonyl (C=O) groups excluding carboxylic acids is 1. The molecular weight excluding hydrogens is 311 g/mol. The van der Waals surface area contributed by atoms with Crippen LogP contribution in [0.25, 0.3) is 10.4 Å². The SMILES string of the molecule is CC1CCCN1C(=O)c1nc(C2CC2)sc1-c1ccc(F)cc1. The zero-order valence-corrected chi connectivity index (χ0v) is 13.9. The Kier molecular flexibility index (Phi) is 3.68. The van der Waals surface area contributed by atoms with Crippen LogP contribution in [0.5, 0.6) is 0 Å². The number of carbonyl (C=O) groups is 1. The van der Waals surface area contributed by atoms with Crippen LogP contribution in [0.15, 0.2) is 24.3 Å². The first kappa shape index (κ1) is 14.8. The Morgan fingerprint density at radius 2 is 2.00 bits per heavy atom. The minimum Gasteiger partial charge on any atom is -0.335 e. The highest BCUT2D eigenvalue weighted by atomic mass is 32.1. The zero-order valence-electron chi connectivity index (χ0n) is 13.1. The van der Waals surface area contributed by atoms with E-state index < -0.39 is 0 Å². The van der Waals surface area contributed by atoms with E-state index in [4.69, 9.17) is 0 Å². The van der Waals surface area contributed by atoms with Gasteiger partial charge in [-0.25, -0.2) is 9.37 Å². The molecule has 0 N–H and O–H groups in total. The van der Waals surface area contributed by atoms with Crippen molar-refractivity contribution in [1.82, 2.24) is 9.88 Å². The number of aromatic nitrogens is 1. The summed E-state index contributed by atoms with van der Waals surface area (Å²) < 4.78 is 13.2. The first-order valence-electron chi connectivity index (χ1n) is 8.21. The number of thiazole rings is 1. The van der Waals surface area contributed by atoms with E-state index in [1.54, 1.807) is 23.5 Å². The van der Waals surface area contributed by atoms with Crippen molar-refractivity contribution in [3.8, 4) is 10.4 Å². The molecule has 23 heavy (non-hydrogen) atoms. The lowest BCUT2D eigenvalue weighted by atomic mass is 10.1. The fraction of sp³-hybridized carbons (Fsp3) is 0.444. The summed E-state index contributed by atoms with van der Waals surface area (Å²) in [5.74, 6) is 0.274. The topological polar surface area (TPSA) is 33.2 Å². The number of halogens is 1. The van der Waals surface area contributed by atoms with E-state index in [-0.39, 0.29) is 17.8 Å². The Morgan fingerprint density at radius 1 is 1.26 bits per heavy atom. The summed E-state index contributed by atoms with van der Waals surface area (Å²) in [4.78, 5) is 20.5. The Balaban J connectivity index is 1.75. The first-order chi connectivity index (χ1) is 11.1. The van der Waals surface area contributed by atoms with Gasteiger partial charge < -0.3 is 4.90 Å². The lowest BCUT2D eigenvalue weighted by Crippen LogP contribution is -2.34. The standard InChI is InChI=1S/C18H19FN2OS/c1-11-3-2-10-21(11)18(22)15-16(12-6-8-14(19)9-7-12)23-17(20-15)13-4-5-13/h6-9,11,13H,2-5,10H2,1H3. The molecule has 5 heteroatoms. The average molecular weight is 330 g/mol. The smallest absolute Gasteiger partial charge is 0.274 e. The number of nitrogens with zero attached hydrogens (tertiary/aromatic N) is 2. The molecular formula is C18H19FN2OS. The van der Waals surface area contributed by atoms with Crippen LogP contribution in [0, 0.1) is 5.82 Å². The first-order valence-corrected chi connectivity index (χ1v) is 9.03. The maximum atomic E-state index is 13.2. The highest BCUT2D eigenvalue weighted by Gasteiger charge is 2.33. The van der Waals surface area contributed by atoms with Gasteiger partial charge in [0.15, 0.2) is 0 Å². The molecule has 120 valence electrons. The van der Waals surface area contributed by atoms with E-state index in [9.17, 15) is 9.18 Å². The summed E-state index contributed by atoms with van der Waals surface area (Å²) in [6.45, 7) is 2.90. The van der Waals surface area contributed by atoms with Gasteiger partial charge in [0.05, 0.1) is 9.88 Å². The van der Waals surface area contributed by atoms with Gasteiger partial charge in [0.2, 0.25) is 0 Å². The van der Waals surface area contributed by atoms with Crippen molar-refractivity contribution < 1.29 is 9.18 Å². The quantitative estimate of drug-likeness (QED) is 0.833. The van der Waals surface area contributed by atoms with Crippen LogP contribution >= 0.6 is 11.3 Å². The molecule has 3 nitrogen and oxygen atoms in total. The second kappa shape index (κ2) is 5.71. The second-order valence-corrected chi connectivity index (χ2v) is 7.53. The number of benzene rings is 1. The summed E-state index contributed by atoms with van der Waals surface area (Å²) >= 11 is 1.60. The van der Waals surface area contributed by atoms with Gasteiger partial charge in [-0.3, -0.25) is 4.79 Å². The molecule has 1 saturated heterocycles. The molecule has 0 spiro atoms. The van der Waals surface area contributed by atoms with E-state index in [0.29, 0.717) is 11.6 Å². The largest absolute Gasteiger partial charge is 0.335 e. The Morgan fingerprint density at radius 3 is 2.61 bits per heavy atom. The van der Waals surface area contributed by atoms with Crippen LogP contribution in [0.3, 0.4) is 0 Å². The minimum atomic E-state index is -0.262. The Labute approximate surface area is 139 Å². The molecule has 0 bridgehead atoms. The van der Waals surface area contributed by atoms with E-state index in [1.807, 2.05) is 4.90 Å². The highest BCUT2D eigenvalue weighted by Crippen LogP contribution is 2.45. The Hall–Kier alpha value is -1.75. The molecule has 1 saturated carbocycles. The molecule has 2 heterocycles. The van der Waals surface area contributed by atoms with Crippen molar-refractivity contribution >= 4 is 17.2 Å². The maximum absolute atomic E-state index is 13.2. The molecule has 2 fully saturated rings. The zero-order chi connectivity index (χ0) is 16.0. The summed E-state index contributed by atoms with van der Waals surface area (Å²) in [6, 6.07) is 6.64. The lowest BCUT2D eigenvalue weighted by molar-refractivity contribution is 0.0743. The van der Waals surface area contributed by atoms with Gasteiger partial charge in [0, 0.05) is 18.5 Å². The van der Waals surface area contributed by atoms with E-state index in [1.165, 1.54) is 12.1 Å². The molecule has 2 aliphatic rings. The van der Waals surface area contributed by atoms with E-state index in [2.05, 4.69) is 11.9 Å². The van der Waals surface area contributed by atoms with E-state index >= 15 is 0 Å². The van der Waals surface area contributed by atoms with Gasteiger partial charge in [-0.05, 0) is 50.3 Å². The van der Waals surface area contributed by atoms with Crippen molar-refractivity contribution in [3.05, 3.63) is 40.8 Å². The maximum Gasteiger partial charge on any atom is 0.274 e. The Bertz CT molecular complexity index is 736. The van der Waals surface area contributed by atoms with Crippen LogP contribution in [0.2, 0.25) is 0 Å². The van der Waals surface area contributed by atoms with Gasteiger partial charge in [-0.2, -0.15) is 0 Å². The van der Waals surface area contributed by atoms with Crippen molar-refractivity contribution in [3.63, 3.8) is 0 Å². The van der Waals surface area contributed by atoms with Crippen molar-refractivity contribution in [2.45, 2.75) is 44.6 Å². The van der Waals surface area contributed by atoms with Crippen LogP contribution in [0.1, 0.15) is 54.0 Å². The number of amides is 1. The number of likely N-dealkylation sites (tertiary alicyclic amines) is 1. The molecule has 1 amide bonds. The third-order valence-electron chi connectivity index (χ3n) is 4.69. The molecule has 1 aromatic carbocycles. The predicted molar refractivity (Wildman–Crippen MR) is 89.2 cm³/mol. The van der Waals surface area contributed by atoms with Crippen LogP contribution in [0.4, 0.5) is 4.39 Å². The van der Waals surface area contributed by atoms with E-state index in [0.717, 1.165) is 47.7 Å². The monoisotopic (exact) mass is 330 g/mol. The number of rotatable bonds is 3. The third kappa shape index (κ3) is 2.78. The molecule has 1 aliphatic heterocycles. The second-order valence-electron chi connectivity index (χ2n) is 6.50. The molecule has 0 radical (unpaired) electrons. The van der Waals surface area contributed by atoms with Gasteiger partial charge in [-0.1, -0.05) is 12.1 Å². The van der Waals surface area contributed by atoms with Gasteiger partial charge >= 0.3 is 0 Å². The summed E-state index contributed by atoms with van der Waals surface area (Å²) in [6.07, 6.45) is 4.42. The molecule has 4 rings (SSSR count). The van der Waals surface area contributed by atoms with Crippen LogP contribution in [-0.4, -0.2) is 28.4 Å². The summed E-state index contributed by atoms with van der Waals surface area (Å²) in [7, 11) is 0. The molecule has 1 atom stereocenters. The average Bonchev–Trinajstić information content (AvgIpc) is 3.16. The number of hydrogen-bond acceptors (Lipinski definition) is 3. The van der Waals surface area contributed by atoms with Gasteiger partial charge in [-0.15, -0.1) is 11.3 Å². The minimum absolute atomic E-state index is 0.0254. The van der Waals surface area contributed by atoms with Crippen LogP contribution in [-0.2, 0) is 0 Å². The predicted octanol–water partition coefficient (Wildman–Crippen LogP) is 4.45. The molecule has 1 aliphatic carbocycles. The van der Waals surface area contributed by atoms with Crippen LogP contribution < -0.4 is 0 Å². The summed E-state index contributed by atoms with van der Waals surface area (Å²) in [5.41, 5.74) is 1.43. The highest BCUT2D eigenvalue weighted by molar-refractivity contribution is 7.15. The lowest BCUT2D eigenvalue weighted by Gasteiger charge is -2.20. The van der Waals surface area contributed by atoms with Crippen molar-refractivity contribution in [2.24, 2.45) is 0 Å². The molecule has 1 aromatic heterocycles. The fourth-order valence-electron chi connectivity index (χ4n) is 3.15. The molecule has 1 unspecified atom stereocenters. The van der Waals surface area contributed by atoms with Crippen molar-refractivity contribution in [2.75, 3.05) is 6.54 Å².